The topological polar surface area (TPSA) is 291 Å². The molecule has 34 heteroatoms. The van der Waals surface area contributed by atoms with Gasteiger partial charge in [0.2, 0.25) is 0 Å². The number of H-pyrrole nitrogens is 6. The van der Waals surface area contributed by atoms with Crippen LogP contribution in [0.4, 0.5) is 61.0 Å². The third-order valence-corrected chi connectivity index (χ3v) is 22.0. The van der Waals surface area contributed by atoms with Crippen LogP contribution >= 0.6 is 0 Å². The molecule has 5 aliphatic rings. The molecule has 5 aliphatic heterocycles. The fourth-order valence-electron chi connectivity index (χ4n) is 16.1. The van der Waals surface area contributed by atoms with Gasteiger partial charge in [-0.2, -0.15) is 0 Å². The zero-order valence-electron chi connectivity index (χ0n) is 65.4. The summed E-state index contributed by atoms with van der Waals surface area (Å²) < 4.78 is 139. The van der Waals surface area contributed by atoms with Crippen molar-refractivity contribution in [3.8, 4) is 34.2 Å². The van der Waals surface area contributed by atoms with E-state index < -0.39 is 98.5 Å². The first-order valence-electron chi connectivity index (χ1n) is 39.2. The van der Waals surface area contributed by atoms with Crippen LogP contribution in [-0.4, -0.2) is 190 Å². The van der Waals surface area contributed by atoms with Crippen LogP contribution in [0.3, 0.4) is 0 Å². The van der Waals surface area contributed by atoms with Gasteiger partial charge in [-0.1, -0.05) is 7.43 Å². The molecule has 0 spiro atoms. The smallest absolute Gasteiger partial charge is 0.261 e. The summed E-state index contributed by atoms with van der Waals surface area (Å²) in [5, 5.41) is 9.29. The van der Waals surface area contributed by atoms with E-state index in [9.17, 15) is 72.7 Å². The molecular weight excluding hydrogens is 1570 g/mol. The maximum Gasteiger partial charge on any atom is 0.261 e. The number of anilines is 3. The second kappa shape index (κ2) is 35.2. The lowest BCUT2D eigenvalue weighted by Gasteiger charge is -2.20. The molecular formula is C86H88F10N18O6. The minimum Gasteiger partial charge on any atom is -0.381 e. The molecule has 6 aromatic carbocycles. The molecule has 2 fully saturated rings. The number of fused-ring (bicyclic) bond motifs is 6. The molecule has 3 atom stereocenters. The van der Waals surface area contributed by atoms with Crippen LogP contribution in [0.25, 0.3) is 67.3 Å². The van der Waals surface area contributed by atoms with E-state index in [1.54, 1.807) is 62.1 Å². The summed E-state index contributed by atoms with van der Waals surface area (Å²) >= 11 is 0. The predicted octanol–water partition coefficient (Wildman–Crippen LogP) is 13.5. The Balaban J connectivity index is 0.000000147. The number of halogens is 10. The van der Waals surface area contributed by atoms with Crippen molar-refractivity contribution in [1.82, 2.24) is 74.3 Å². The van der Waals surface area contributed by atoms with Crippen LogP contribution in [0.5, 0.6) is 0 Å². The highest BCUT2D eigenvalue weighted by Crippen LogP contribution is 2.36. The summed E-state index contributed by atoms with van der Waals surface area (Å²) in [5.74, 6) is -11.6. The molecule has 9 N–H and O–H groups in total. The normalized spacial score (nSPS) is 15.3. The zero-order chi connectivity index (χ0) is 83.9. The van der Waals surface area contributed by atoms with Gasteiger partial charge in [0.05, 0.1) is 50.2 Å². The van der Waals surface area contributed by atoms with Crippen molar-refractivity contribution in [2.75, 3.05) is 95.5 Å². The van der Waals surface area contributed by atoms with Crippen molar-refractivity contribution < 1.29 is 58.3 Å². The fourth-order valence-corrected chi connectivity index (χ4v) is 16.1. The second-order valence-electron chi connectivity index (χ2n) is 31.1. The van der Waals surface area contributed by atoms with Crippen molar-refractivity contribution in [3.05, 3.63) is 243 Å². The Labute approximate surface area is 680 Å². The number of benzene rings is 6. The van der Waals surface area contributed by atoms with Gasteiger partial charge in [-0.25, -0.2) is 58.9 Å². The van der Waals surface area contributed by atoms with Gasteiger partial charge in [0, 0.05) is 136 Å². The number of hydrogen-bond donors (Lipinski definition) is 9. The standard InChI is InChI=1S/C29H28F4N6O2.C29H29F3N6O2.C27H27F3N6O2.CH4/c1-15(10-18-25(32)19(30)13-20(31)26(18)33)35-21-4-5-34-28(40)24(21)27-36-22-11-16-14-39(9-8-38-6-2-3-7-38)29(41)17(16)12-23(22)37-27;1-16(10-17-11-19(30)13-21(31)26(17)32)34-22-4-5-33-28(39)25(22)27-35-23-12-18-15-38(9-8-37-6-2-3-7-37)29(40)20(18)14-24(23)36-27;1-14(8-15-9-17(28)11-19(29)24(15)30)32-20-4-5-31-26(37)23(20)25-33-21-10-16-13-36(7-6-35(2)3)27(38)18(16)12-22(21)34-25;/h4-5,11-13,15H,2-3,6-10,14H2,1H3,(H,36,37)(H2,34,35,40);4-5,11-14,16H,2-3,6-10,15H2,1H3,(H,35,36)(H2,33,34,39);4-5,9-12,14H,6-8,13H2,1-3H3,(H,33,34)(H2,31,32,37);1H4/t15-;16-;14-;/m000./s1. The number of nitrogens with zero attached hydrogens (tertiary/aromatic N) is 9. The molecule has 628 valence electrons. The maximum absolute atomic E-state index is 14.2. The molecule has 120 heavy (non-hydrogen) atoms. The highest BCUT2D eigenvalue weighted by atomic mass is 19.2. The molecule has 12 aromatic rings. The average molecular weight is 1660 g/mol. The Morgan fingerprint density at radius 3 is 1.07 bits per heavy atom. The number of hydrogen-bond acceptors (Lipinski definition) is 15. The van der Waals surface area contributed by atoms with Crippen molar-refractivity contribution in [1.29, 1.82) is 0 Å². The van der Waals surface area contributed by atoms with E-state index in [4.69, 9.17) is 0 Å². The van der Waals surface area contributed by atoms with Gasteiger partial charge < -0.3 is 75.3 Å². The number of aromatic amines is 6. The molecule has 0 saturated carbocycles. The third kappa shape index (κ3) is 17.8. The van der Waals surface area contributed by atoms with E-state index in [1.165, 1.54) is 44.3 Å². The average Bonchev–Trinajstić information content (AvgIpc) is 1.62. The summed E-state index contributed by atoms with van der Waals surface area (Å²) in [4.78, 5) is 121. The predicted molar refractivity (Wildman–Crippen MR) is 437 cm³/mol. The first kappa shape index (κ1) is 84.0. The number of imidazole rings is 3. The number of likely N-dealkylation sites (tertiary alicyclic amines) is 2. The van der Waals surface area contributed by atoms with E-state index in [2.05, 4.69) is 70.6 Å². The molecule has 0 radical (unpaired) electrons. The Morgan fingerprint density at radius 2 is 0.733 bits per heavy atom. The van der Waals surface area contributed by atoms with Crippen LogP contribution < -0.4 is 32.6 Å². The summed E-state index contributed by atoms with van der Waals surface area (Å²) in [6.45, 7) is 15.2. The molecule has 3 amide bonds. The number of carbonyl (C=O) groups excluding carboxylic acids is 3. The maximum atomic E-state index is 14.2. The number of pyridine rings is 3. The van der Waals surface area contributed by atoms with Crippen molar-refractivity contribution in [2.45, 2.75) is 111 Å². The van der Waals surface area contributed by atoms with Crippen LogP contribution in [0.1, 0.15) is 118 Å². The van der Waals surface area contributed by atoms with Gasteiger partial charge >= 0.3 is 0 Å². The largest absolute Gasteiger partial charge is 0.381 e. The third-order valence-electron chi connectivity index (χ3n) is 22.0. The van der Waals surface area contributed by atoms with E-state index in [0.717, 1.165) is 74.6 Å². The second-order valence-corrected chi connectivity index (χ2v) is 31.1. The minimum atomic E-state index is -1.48. The lowest BCUT2D eigenvalue weighted by molar-refractivity contribution is 0.0756. The van der Waals surface area contributed by atoms with E-state index in [1.807, 2.05) is 47.0 Å². The zero-order valence-corrected chi connectivity index (χ0v) is 65.4. The Morgan fingerprint density at radius 1 is 0.408 bits per heavy atom. The summed E-state index contributed by atoms with van der Waals surface area (Å²) in [5.41, 5.74) is 7.56. The van der Waals surface area contributed by atoms with Crippen molar-refractivity contribution in [2.24, 2.45) is 0 Å². The molecule has 0 unspecified atom stereocenters. The molecule has 0 bridgehead atoms. The highest BCUT2D eigenvalue weighted by Gasteiger charge is 2.34. The van der Waals surface area contributed by atoms with Crippen molar-refractivity contribution >= 4 is 67.9 Å². The van der Waals surface area contributed by atoms with Crippen molar-refractivity contribution in [3.63, 3.8) is 0 Å². The molecule has 0 aliphatic carbocycles. The number of aromatic nitrogens is 9. The van der Waals surface area contributed by atoms with Gasteiger partial charge in [0.1, 0.15) is 45.8 Å². The van der Waals surface area contributed by atoms with Gasteiger partial charge in [-0.05, 0) is 201 Å². The number of likely N-dealkylation sites (N-methyl/N-ethyl adjacent to an activating group) is 1. The summed E-state index contributed by atoms with van der Waals surface area (Å²) in [7, 11) is 3.91. The van der Waals surface area contributed by atoms with Gasteiger partial charge in [-0.3, -0.25) is 28.8 Å². The fraction of sp³-hybridized carbons (Fsp3) is 0.337. The van der Waals surface area contributed by atoms with Gasteiger partial charge in [0.25, 0.3) is 34.4 Å². The quantitative estimate of drug-likeness (QED) is 0.0201. The van der Waals surface area contributed by atoms with Crippen LogP contribution in [0, 0.1) is 58.2 Å². The first-order valence-corrected chi connectivity index (χ1v) is 39.2. The summed E-state index contributed by atoms with van der Waals surface area (Å²) in [6.07, 6.45) is 8.70. The molecule has 11 heterocycles. The highest BCUT2D eigenvalue weighted by molar-refractivity contribution is 6.04. The monoisotopic (exact) mass is 1660 g/mol. The Kier molecular flexibility index (Phi) is 24.7. The minimum absolute atomic E-state index is 0. The lowest BCUT2D eigenvalue weighted by atomic mass is 10.0. The van der Waals surface area contributed by atoms with E-state index in [0.29, 0.717) is 130 Å². The van der Waals surface area contributed by atoms with E-state index in [-0.39, 0.29) is 84.1 Å². The molecule has 24 nitrogen and oxygen atoms in total. The first-order chi connectivity index (χ1) is 57.1. The van der Waals surface area contributed by atoms with Gasteiger partial charge in [-0.15, -0.1) is 0 Å². The number of amides is 3. The van der Waals surface area contributed by atoms with Crippen LogP contribution in [0.2, 0.25) is 0 Å². The van der Waals surface area contributed by atoms with E-state index >= 15 is 0 Å². The number of rotatable bonds is 24. The molecule has 2 saturated heterocycles. The summed E-state index contributed by atoms with van der Waals surface area (Å²) in [6, 6.07) is 17.1. The SMILES string of the molecule is C.C[C@@H](Cc1c(F)c(F)cc(F)c1F)Nc1cc[nH]c(=O)c1-c1nc2cc3c(cc2[nH]1)CN(CCN1CCCC1)C3=O.C[C@@H](Cc1cc(F)cc(F)c1F)Nc1cc[nH]c(=O)c1-c1nc2cc3c(cc2[nH]1)CN(CCN(C)C)C3=O.C[C@@H](Cc1cc(F)cc(F)c1F)Nc1cc[nH]c(=O)c1-c1nc2cc3c(cc2[nH]1)CN(CCN1CCCC1)C3=O. The van der Waals surface area contributed by atoms with Crippen LogP contribution in [-0.2, 0) is 38.9 Å². The molecule has 17 rings (SSSR count). The Bertz CT molecular complexity index is 6100. The Hall–Kier alpha value is -12.4. The molecule has 6 aromatic heterocycles. The van der Waals surface area contributed by atoms with Gasteiger partial charge in [0.15, 0.2) is 46.5 Å². The number of carbonyl (C=O) groups is 3. The van der Waals surface area contributed by atoms with Crippen LogP contribution in [0.15, 0.2) is 118 Å². The number of nitrogens with one attached hydrogen (secondary N) is 9. The lowest BCUT2D eigenvalue weighted by Crippen LogP contribution is -2.33.